The van der Waals surface area contributed by atoms with E-state index in [1.807, 2.05) is 26.0 Å². The zero-order valence-electron chi connectivity index (χ0n) is 18.1. The van der Waals surface area contributed by atoms with E-state index >= 15 is 0 Å². The maximum absolute atomic E-state index is 14.1. The Labute approximate surface area is 178 Å². The number of likely N-dealkylation sites (tertiary alicyclic amines) is 1. The number of piperidine rings is 1. The van der Waals surface area contributed by atoms with Gasteiger partial charge in [-0.25, -0.2) is 4.39 Å². The normalized spacial score (nSPS) is 18.1. The van der Waals surface area contributed by atoms with Gasteiger partial charge in [0.1, 0.15) is 11.5 Å². The molecule has 0 radical (unpaired) electrons. The standard InChI is InChI=1S/C25H30FN3O/c1-4-29(5-2)24(30)23-9-7-19(17-27-23)22-16-25(10-12-28(3)13-11-25)15-18-6-8-20(26)14-21(18)22/h6-9,14,16-17H,4-5,10-13,15H2,1-3H3. The molecule has 4 rings (SSSR count). The summed E-state index contributed by atoms with van der Waals surface area (Å²) in [5, 5.41) is 0. The smallest absolute Gasteiger partial charge is 0.272 e. The molecule has 2 aliphatic rings. The molecule has 1 amide bonds. The van der Waals surface area contributed by atoms with Gasteiger partial charge in [0, 0.05) is 24.8 Å². The molecule has 2 aromatic rings. The molecule has 2 heterocycles. The number of aromatic nitrogens is 1. The first-order valence-corrected chi connectivity index (χ1v) is 10.9. The van der Waals surface area contributed by atoms with Crippen LogP contribution < -0.4 is 0 Å². The van der Waals surface area contributed by atoms with Gasteiger partial charge >= 0.3 is 0 Å². The summed E-state index contributed by atoms with van der Waals surface area (Å²) in [6, 6.07) is 8.89. The molecule has 1 fully saturated rings. The Bertz CT molecular complexity index is 955. The molecule has 1 spiro atoms. The van der Waals surface area contributed by atoms with E-state index in [0.717, 1.165) is 49.1 Å². The summed E-state index contributed by atoms with van der Waals surface area (Å²) in [5.41, 5.74) is 4.67. The zero-order chi connectivity index (χ0) is 21.3. The van der Waals surface area contributed by atoms with Crippen molar-refractivity contribution in [1.82, 2.24) is 14.8 Å². The molecule has 1 saturated heterocycles. The Kier molecular flexibility index (Phi) is 5.74. The molecule has 4 nitrogen and oxygen atoms in total. The topological polar surface area (TPSA) is 36.4 Å². The predicted molar refractivity (Wildman–Crippen MR) is 118 cm³/mol. The molecular formula is C25H30FN3O. The minimum atomic E-state index is -0.222. The van der Waals surface area contributed by atoms with Crippen molar-refractivity contribution < 1.29 is 9.18 Å². The van der Waals surface area contributed by atoms with Crippen molar-refractivity contribution in [1.29, 1.82) is 0 Å². The zero-order valence-corrected chi connectivity index (χ0v) is 18.1. The summed E-state index contributed by atoms with van der Waals surface area (Å²) in [6.45, 7) is 7.39. The van der Waals surface area contributed by atoms with Gasteiger partial charge in [0.2, 0.25) is 0 Å². The number of hydrogen-bond donors (Lipinski definition) is 0. The van der Waals surface area contributed by atoms with E-state index in [0.29, 0.717) is 18.8 Å². The Balaban J connectivity index is 1.72. The highest BCUT2D eigenvalue weighted by Gasteiger charge is 2.36. The SMILES string of the molecule is CCN(CC)C(=O)c1ccc(C2=CC3(CCN(C)CC3)Cc3ccc(F)cc32)cn1. The van der Waals surface area contributed by atoms with E-state index in [9.17, 15) is 9.18 Å². The second-order valence-electron chi connectivity index (χ2n) is 8.61. The molecule has 158 valence electrons. The van der Waals surface area contributed by atoms with Gasteiger partial charge in [0.25, 0.3) is 5.91 Å². The van der Waals surface area contributed by atoms with Crippen LogP contribution in [-0.2, 0) is 6.42 Å². The van der Waals surface area contributed by atoms with Gasteiger partial charge < -0.3 is 9.80 Å². The molecule has 0 N–H and O–H groups in total. The molecule has 0 unspecified atom stereocenters. The summed E-state index contributed by atoms with van der Waals surface area (Å²) in [4.78, 5) is 21.2. The lowest BCUT2D eigenvalue weighted by molar-refractivity contribution is 0.0767. The number of allylic oxidation sites excluding steroid dienone is 1. The third kappa shape index (κ3) is 3.91. The molecule has 1 aliphatic carbocycles. The number of nitrogens with zero attached hydrogens (tertiary/aromatic N) is 3. The van der Waals surface area contributed by atoms with E-state index in [1.165, 1.54) is 5.56 Å². The van der Waals surface area contributed by atoms with Crippen LogP contribution in [0.5, 0.6) is 0 Å². The molecule has 1 aliphatic heterocycles. The summed E-state index contributed by atoms with van der Waals surface area (Å²) in [7, 11) is 2.17. The van der Waals surface area contributed by atoms with Gasteiger partial charge in [-0.05, 0) is 93.6 Å². The number of amides is 1. The largest absolute Gasteiger partial charge is 0.338 e. The van der Waals surface area contributed by atoms with Crippen molar-refractivity contribution in [3.63, 3.8) is 0 Å². The van der Waals surface area contributed by atoms with Crippen molar-refractivity contribution in [2.24, 2.45) is 5.41 Å². The third-order valence-corrected chi connectivity index (χ3v) is 6.68. The van der Waals surface area contributed by atoms with Crippen LogP contribution in [0.4, 0.5) is 4.39 Å². The summed E-state index contributed by atoms with van der Waals surface area (Å²) < 4.78 is 14.1. The van der Waals surface area contributed by atoms with Crippen LogP contribution in [0.25, 0.3) is 5.57 Å². The van der Waals surface area contributed by atoms with Crippen molar-refractivity contribution in [2.75, 3.05) is 33.2 Å². The molecule has 0 atom stereocenters. The fourth-order valence-electron chi connectivity index (χ4n) is 4.74. The van der Waals surface area contributed by atoms with Gasteiger partial charge in [-0.15, -0.1) is 0 Å². The third-order valence-electron chi connectivity index (χ3n) is 6.68. The predicted octanol–water partition coefficient (Wildman–Crippen LogP) is 4.40. The first kappa shape index (κ1) is 20.7. The fraction of sp³-hybridized carbons (Fsp3) is 0.440. The van der Waals surface area contributed by atoms with Crippen molar-refractivity contribution in [3.8, 4) is 0 Å². The van der Waals surface area contributed by atoms with E-state index in [1.54, 1.807) is 29.3 Å². The molecule has 0 bridgehead atoms. The van der Waals surface area contributed by atoms with Crippen LogP contribution in [0.2, 0.25) is 0 Å². The lowest BCUT2D eigenvalue weighted by Crippen LogP contribution is -2.39. The van der Waals surface area contributed by atoms with Crippen molar-refractivity contribution >= 4 is 11.5 Å². The lowest BCUT2D eigenvalue weighted by atomic mass is 9.67. The van der Waals surface area contributed by atoms with E-state index in [-0.39, 0.29) is 17.1 Å². The number of rotatable bonds is 4. The first-order valence-electron chi connectivity index (χ1n) is 10.9. The fourth-order valence-corrected chi connectivity index (χ4v) is 4.74. The van der Waals surface area contributed by atoms with E-state index in [4.69, 9.17) is 0 Å². The molecule has 1 aromatic heterocycles. The number of fused-ring (bicyclic) bond motifs is 1. The van der Waals surface area contributed by atoms with Gasteiger partial charge in [0.05, 0.1) is 0 Å². The van der Waals surface area contributed by atoms with Crippen molar-refractivity contribution in [2.45, 2.75) is 33.1 Å². The van der Waals surface area contributed by atoms with Gasteiger partial charge in [-0.1, -0.05) is 18.2 Å². The van der Waals surface area contributed by atoms with Gasteiger partial charge in [0.15, 0.2) is 0 Å². The van der Waals surface area contributed by atoms with Gasteiger partial charge in [-0.2, -0.15) is 0 Å². The first-order chi connectivity index (χ1) is 14.4. The van der Waals surface area contributed by atoms with Gasteiger partial charge in [-0.3, -0.25) is 9.78 Å². The number of carbonyl (C=O) groups is 1. The highest BCUT2D eigenvalue weighted by Crippen LogP contribution is 2.45. The van der Waals surface area contributed by atoms with Crippen LogP contribution in [0.1, 0.15) is 53.9 Å². The molecule has 30 heavy (non-hydrogen) atoms. The summed E-state index contributed by atoms with van der Waals surface area (Å²) in [6.07, 6.45) is 7.26. The van der Waals surface area contributed by atoms with Crippen LogP contribution >= 0.6 is 0 Å². The van der Waals surface area contributed by atoms with Crippen LogP contribution in [-0.4, -0.2) is 53.9 Å². The minimum absolute atomic E-state index is 0.0533. The summed E-state index contributed by atoms with van der Waals surface area (Å²) >= 11 is 0. The minimum Gasteiger partial charge on any atom is -0.338 e. The molecular weight excluding hydrogens is 377 g/mol. The number of carbonyl (C=O) groups excluding carboxylic acids is 1. The lowest BCUT2D eigenvalue weighted by Gasteiger charge is -2.42. The number of halogens is 1. The number of benzene rings is 1. The Morgan fingerprint density at radius 2 is 1.90 bits per heavy atom. The van der Waals surface area contributed by atoms with Crippen LogP contribution in [0.15, 0.2) is 42.6 Å². The molecule has 5 heteroatoms. The maximum atomic E-state index is 14.1. The quantitative estimate of drug-likeness (QED) is 0.754. The van der Waals surface area contributed by atoms with Crippen molar-refractivity contribution in [3.05, 3.63) is 70.8 Å². The second kappa shape index (κ2) is 8.31. The van der Waals surface area contributed by atoms with E-state index in [2.05, 4.69) is 23.0 Å². The average Bonchev–Trinajstić information content (AvgIpc) is 2.77. The van der Waals surface area contributed by atoms with Crippen LogP contribution in [0, 0.1) is 11.2 Å². The highest BCUT2D eigenvalue weighted by molar-refractivity contribution is 5.93. The number of pyridine rings is 1. The second-order valence-corrected chi connectivity index (χ2v) is 8.61. The Hall–Kier alpha value is -2.53. The molecule has 0 saturated carbocycles. The molecule has 1 aromatic carbocycles. The average molecular weight is 408 g/mol. The van der Waals surface area contributed by atoms with E-state index < -0.39 is 0 Å². The Morgan fingerprint density at radius 3 is 2.53 bits per heavy atom. The summed E-state index contributed by atoms with van der Waals surface area (Å²) in [5.74, 6) is -0.275. The maximum Gasteiger partial charge on any atom is 0.272 e. The monoisotopic (exact) mass is 407 g/mol. The Morgan fingerprint density at radius 1 is 1.17 bits per heavy atom. The number of hydrogen-bond acceptors (Lipinski definition) is 3. The highest BCUT2D eigenvalue weighted by atomic mass is 19.1. The van der Waals surface area contributed by atoms with Crippen LogP contribution in [0.3, 0.4) is 0 Å².